The van der Waals surface area contributed by atoms with Crippen molar-refractivity contribution in [3.8, 4) is 0 Å². The lowest BCUT2D eigenvalue weighted by molar-refractivity contribution is 0.872. The van der Waals surface area contributed by atoms with E-state index in [1.807, 2.05) is 6.92 Å². The number of nitrogens with zero attached hydrogens (tertiary/aromatic N) is 2. The van der Waals surface area contributed by atoms with Gasteiger partial charge in [0, 0.05) is 19.9 Å². The SMILES string of the molecule is Cc1cnc(NC(C)C)nc1.[HH]. The number of nitrogens with one attached hydrogen (secondary N) is 1. The summed E-state index contributed by atoms with van der Waals surface area (Å²) < 4.78 is 0. The number of anilines is 1. The second kappa shape index (κ2) is 3.32. The maximum Gasteiger partial charge on any atom is 0.222 e. The van der Waals surface area contributed by atoms with Gasteiger partial charge in [-0.15, -0.1) is 0 Å². The zero-order valence-corrected chi connectivity index (χ0v) is 7.13. The molecule has 11 heavy (non-hydrogen) atoms. The molecule has 1 N–H and O–H groups in total. The van der Waals surface area contributed by atoms with Crippen LogP contribution in [0.25, 0.3) is 0 Å². The molecule has 1 aromatic rings. The van der Waals surface area contributed by atoms with E-state index >= 15 is 0 Å². The predicted molar refractivity (Wildman–Crippen MR) is 47.6 cm³/mol. The lowest BCUT2D eigenvalue weighted by Gasteiger charge is -2.06. The van der Waals surface area contributed by atoms with Crippen LogP contribution in [0.3, 0.4) is 0 Å². The van der Waals surface area contributed by atoms with E-state index in [2.05, 4.69) is 29.1 Å². The Labute approximate surface area is 68.4 Å². The summed E-state index contributed by atoms with van der Waals surface area (Å²) >= 11 is 0. The van der Waals surface area contributed by atoms with E-state index in [0.717, 1.165) is 5.56 Å². The molecule has 0 aliphatic carbocycles. The monoisotopic (exact) mass is 153 g/mol. The molecule has 0 bridgehead atoms. The molecule has 0 aliphatic heterocycles. The molecule has 0 unspecified atom stereocenters. The first kappa shape index (κ1) is 7.98. The highest BCUT2D eigenvalue weighted by atomic mass is 15.1. The van der Waals surface area contributed by atoms with Crippen LogP contribution in [0.4, 0.5) is 5.95 Å². The number of hydrogen-bond donors (Lipinski definition) is 1. The van der Waals surface area contributed by atoms with Gasteiger partial charge in [0.05, 0.1) is 0 Å². The van der Waals surface area contributed by atoms with Gasteiger partial charge in [-0.25, -0.2) is 9.97 Å². The summed E-state index contributed by atoms with van der Waals surface area (Å²) in [5.74, 6) is 0.700. The van der Waals surface area contributed by atoms with E-state index in [0.29, 0.717) is 12.0 Å². The van der Waals surface area contributed by atoms with Gasteiger partial charge in [-0.05, 0) is 26.3 Å². The van der Waals surface area contributed by atoms with Crippen LogP contribution in [0.1, 0.15) is 20.8 Å². The highest BCUT2D eigenvalue weighted by molar-refractivity contribution is 5.24. The predicted octanol–water partition coefficient (Wildman–Crippen LogP) is 1.85. The highest BCUT2D eigenvalue weighted by Crippen LogP contribution is 1.99. The van der Waals surface area contributed by atoms with Crippen molar-refractivity contribution < 1.29 is 1.43 Å². The van der Waals surface area contributed by atoms with Crippen molar-refractivity contribution in [3.63, 3.8) is 0 Å². The van der Waals surface area contributed by atoms with Crippen molar-refractivity contribution in [2.24, 2.45) is 0 Å². The zero-order chi connectivity index (χ0) is 8.27. The number of aryl methyl sites for hydroxylation is 1. The first-order chi connectivity index (χ1) is 5.18. The molecule has 0 saturated carbocycles. The average Bonchev–Trinajstić information content (AvgIpc) is 1.93. The molecule has 0 radical (unpaired) electrons. The standard InChI is InChI=1S/C8H13N3.H2/c1-6(2)11-8-9-4-7(3)5-10-8;/h4-6H,1-3H3,(H,9,10,11);1H. The molecule has 1 aromatic heterocycles. The zero-order valence-electron chi connectivity index (χ0n) is 7.13. The van der Waals surface area contributed by atoms with Gasteiger partial charge in [-0.1, -0.05) is 0 Å². The Morgan fingerprint density at radius 3 is 2.36 bits per heavy atom. The van der Waals surface area contributed by atoms with E-state index < -0.39 is 0 Å². The van der Waals surface area contributed by atoms with E-state index in [9.17, 15) is 0 Å². The number of hydrogen-bond acceptors (Lipinski definition) is 3. The molecule has 0 amide bonds. The van der Waals surface area contributed by atoms with Gasteiger partial charge < -0.3 is 5.32 Å². The minimum absolute atomic E-state index is 0. The second-order valence-electron chi connectivity index (χ2n) is 2.88. The largest absolute Gasteiger partial charge is 0.352 e. The van der Waals surface area contributed by atoms with Crippen LogP contribution in [0, 0.1) is 6.92 Å². The first-order valence-electron chi connectivity index (χ1n) is 3.73. The maximum atomic E-state index is 4.10. The van der Waals surface area contributed by atoms with Crippen LogP contribution in [0.15, 0.2) is 12.4 Å². The molecule has 1 heterocycles. The van der Waals surface area contributed by atoms with Crippen LogP contribution in [-0.4, -0.2) is 16.0 Å². The number of rotatable bonds is 2. The quantitative estimate of drug-likeness (QED) is 0.704. The summed E-state index contributed by atoms with van der Waals surface area (Å²) in [7, 11) is 0. The topological polar surface area (TPSA) is 37.8 Å². The van der Waals surface area contributed by atoms with Crippen molar-refractivity contribution in [1.82, 2.24) is 9.97 Å². The Kier molecular flexibility index (Phi) is 2.41. The van der Waals surface area contributed by atoms with Gasteiger partial charge in [-0.3, -0.25) is 0 Å². The molecular formula is C8H15N3. The van der Waals surface area contributed by atoms with Gasteiger partial charge in [0.25, 0.3) is 0 Å². The fourth-order valence-corrected chi connectivity index (χ4v) is 0.725. The summed E-state index contributed by atoms with van der Waals surface area (Å²) in [6.45, 7) is 6.09. The van der Waals surface area contributed by atoms with Crippen molar-refractivity contribution >= 4 is 5.95 Å². The third-order valence-electron chi connectivity index (χ3n) is 1.20. The van der Waals surface area contributed by atoms with Crippen LogP contribution in [-0.2, 0) is 0 Å². The fraction of sp³-hybridized carbons (Fsp3) is 0.500. The van der Waals surface area contributed by atoms with E-state index in [-0.39, 0.29) is 1.43 Å². The summed E-state index contributed by atoms with van der Waals surface area (Å²) in [6, 6.07) is 0.387. The molecule has 0 aromatic carbocycles. The lowest BCUT2D eigenvalue weighted by atomic mass is 10.4. The lowest BCUT2D eigenvalue weighted by Crippen LogP contribution is -2.12. The van der Waals surface area contributed by atoms with Gasteiger partial charge in [0.1, 0.15) is 0 Å². The maximum absolute atomic E-state index is 4.10. The molecule has 0 fully saturated rings. The number of aromatic nitrogens is 2. The van der Waals surface area contributed by atoms with Crippen molar-refractivity contribution in [1.29, 1.82) is 0 Å². The van der Waals surface area contributed by atoms with Gasteiger partial charge in [0.15, 0.2) is 0 Å². The molecule has 3 heteroatoms. The highest BCUT2D eigenvalue weighted by Gasteiger charge is 1.95. The Hall–Kier alpha value is -1.12. The Morgan fingerprint density at radius 2 is 1.91 bits per heavy atom. The Balaban J connectivity index is 0.00000121. The van der Waals surface area contributed by atoms with Crippen LogP contribution in [0.5, 0.6) is 0 Å². The van der Waals surface area contributed by atoms with E-state index in [1.54, 1.807) is 12.4 Å². The minimum Gasteiger partial charge on any atom is -0.352 e. The van der Waals surface area contributed by atoms with Gasteiger partial charge in [0.2, 0.25) is 5.95 Å². The third kappa shape index (κ3) is 2.53. The van der Waals surface area contributed by atoms with Crippen molar-refractivity contribution in [3.05, 3.63) is 18.0 Å². The molecule has 1 rings (SSSR count). The van der Waals surface area contributed by atoms with Crippen LogP contribution < -0.4 is 5.32 Å². The molecule has 3 nitrogen and oxygen atoms in total. The summed E-state index contributed by atoms with van der Waals surface area (Å²) in [6.07, 6.45) is 3.61. The second-order valence-corrected chi connectivity index (χ2v) is 2.88. The molecule has 0 aliphatic rings. The minimum atomic E-state index is 0. The normalized spacial score (nSPS) is 10.2. The third-order valence-corrected chi connectivity index (χ3v) is 1.20. The van der Waals surface area contributed by atoms with Crippen molar-refractivity contribution in [2.75, 3.05) is 5.32 Å². The summed E-state index contributed by atoms with van der Waals surface area (Å²) in [5, 5.41) is 3.11. The Bertz CT molecular complexity index is 220. The summed E-state index contributed by atoms with van der Waals surface area (Å²) in [4.78, 5) is 8.19. The van der Waals surface area contributed by atoms with Crippen LogP contribution >= 0.6 is 0 Å². The van der Waals surface area contributed by atoms with Gasteiger partial charge >= 0.3 is 0 Å². The molecule has 0 saturated heterocycles. The Morgan fingerprint density at radius 1 is 1.36 bits per heavy atom. The first-order valence-corrected chi connectivity index (χ1v) is 3.73. The van der Waals surface area contributed by atoms with E-state index in [1.165, 1.54) is 0 Å². The molecular weight excluding hydrogens is 138 g/mol. The molecule has 62 valence electrons. The van der Waals surface area contributed by atoms with Crippen LogP contribution in [0.2, 0.25) is 0 Å². The molecule has 0 atom stereocenters. The fourth-order valence-electron chi connectivity index (χ4n) is 0.725. The smallest absolute Gasteiger partial charge is 0.222 e. The summed E-state index contributed by atoms with van der Waals surface area (Å²) in [5.41, 5.74) is 1.08. The average molecular weight is 153 g/mol. The molecule has 0 spiro atoms. The van der Waals surface area contributed by atoms with E-state index in [4.69, 9.17) is 0 Å². The van der Waals surface area contributed by atoms with Gasteiger partial charge in [-0.2, -0.15) is 0 Å². The van der Waals surface area contributed by atoms with Crippen molar-refractivity contribution in [2.45, 2.75) is 26.8 Å².